The summed E-state index contributed by atoms with van der Waals surface area (Å²) < 4.78 is 17.1. The number of hydrogen-bond acceptors (Lipinski definition) is 7. The van der Waals surface area contributed by atoms with Gasteiger partial charge in [-0.15, -0.1) is 0 Å². The number of hydrogen-bond donors (Lipinski definition) is 0. The van der Waals surface area contributed by atoms with Gasteiger partial charge in [0.1, 0.15) is 12.6 Å². The van der Waals surface area contributed by atoms with Gasteiger partial charge >= 0.3 is 11.9 Å². The summed E-state index contributed by atoms with van der Waals surface area (Å²) in [5, 5.41) is 11.6. The average molecular weight is 758 g/mol. The average Bonchev–Trinajstić information content (AvgIpc) is 3.12. The number of unbranched alkanes of at least 4 members (excludes halogenated alkanes) is 13. The lowest BCUT2D eigenvalue weighted by Gasteiger charge is -2.34. The van der Waals surface area contributed by atoms with Gasteiger partial charge in [0.05, 0.1) is 40.3 Å². The molecule has 0 heterocycles. The topological polar surface area (TPSA) is 102 Å². The number of allylic oxidation sites excluding steroid dienone is 10. The van der Waals surface area contributed by atoms with Crippen molar-refractivity contribution in [2.45, 2.75) is 174 Å². The Morgan fingerprint density at radius 3 is 1.54 bits per heavy atom. The predicted molar refractivity (Wildman–Crippen MR) is 222 cm³/mol. The van der Waals surface area contributed by atoms with E-state index in [0.29, 0.717) is 12.8 Å². The molecule has 0 radical (unpaired) electrons. The van der Waals surface area contributed by atoms with Crippen molar-refractivity contribution in [3.8, 4) is 0 Å². The molecule has 2 unspecified atom stereocenters. The molecule has 2 atom stereocenters. The molecule has 0 spiro atoms. The standard InChI is InChI=1S/C46H79NO7/c1-6-8-10-12-14-16-18-19-20-21-22-23-24-25-27-28-30-32-34-36-44(48)53-41-42(40-52-39-38-43(46(50)51)47(3,4)5)54-45(49)37-35-33-31-29-26-17-15-13-11-9-7-2/h8,10,14,16,19-20,22-23,25,27,42-43H,6-7,9,11-13,15,17-18,21,24,26,28-41H2,1-5H3/b10-8+,16-14+,20-19+,23-22+,27-25+. The molecule has 0 aliphatic heterocycles. The third-order valence-electron chi connectivity index (χ3n) is 9.17. The number of ether oxygens (including phenoxy) is 3. The van der Waals surface area contributed by atoms with Gasteiger partial charge in [0, 0.05) is 19.3 Å². The van der Waals surface area contributed by atoms with E-state index in [1.807, 2.05) is 0 Å². The van der Waals surface area contributed by atoms with Crippen LogP contribution in [-0.4, -0.2) is 75.5 Å². The molecule has 8 nitrogen and oxygen atoms in total. The predicted octanol–water partition coefficient (Wildman–Crippen LogP) is 10.1. The molecule has 8 heteroatoms. The zero-order valence-corrected chi connectivity index (χ0v) is 35.1. The minimum absolute atomic E-state index is 0.0292. The Kier molecular flexibility index (Phi) is 34.9. The van der Waals surface area contributed by atoms with Gasteiger partial charge in [-0.3, -0.25) is 9.59 Å². The van der Waals surface area contributed by atoms with Crippen molar-refractivity contribution in [3.05, 3.63) is 60.8 Å². The van der Waals surface area contributed by atoms with Crippen LogP contribution < -0.4 is 5.11 Å². The minimum Gasteiger partial charge on any atom is -0.544 e. The summed E-state index contributed by atoms with van der Waals surface area (Å²) >= 11 is 0. The van der Waals surface area contributed by atoms with Gasteiger partial charge in [-0.2, -0.15) is 0 Å². The number of carbonyl (C=O) groups excluding carboxylic acids is 3. The number of aliphatic carboxylic acids is 1. The van der Waals surface area contributed by atoms with Gasteiger partial charge in [0.25, 0.3) is 0 Å². The van der Waals surface area contributed by atoms with Crippen LogP contribution in [0, 0.1) is 0 Å². The van der Waals surface area contributed by atoms with E-state index in [-0.39, 0.29) is 42.7 Å². The normalized spacial score (nSPS) is 13.6. The van der Waals surface area contributed by atoms with Crippen LogP contribution in [0.5, 0.6) is 0 Å². The van der Waals surface area contributed by atoms with Crippen molar-refractivity contribution in [2.75, 3.05) is 41.0 Å². The molecule has 0 aromatic carbocycles. The summed E-state index contributed by atoms with van der Waals surface area (Å²) in [4.78, 5) is 36.8. The molecule has 0 aliphatic rings. The highest BCUT2D eigenvalue weighted by Crippen LogP contribution is 2.13. The number of quaternary nitrogens is 1. The van der Waals surface area contributed by atoms with E-state index in [1.54, 1.807) is 21.1 Å². The van der Waals surface area contributed by atoms with Crippen LogP contribution in [0.2, 0.25) is 0 Å². The zero-order chi connectivity index (χ0) is 40.0. The molecule has 0 aliphatic carbocycles. The lowest BCUT2D eigenvalue weighted by atomic mass is 10.1. The fourth-order valence-corrected chi connectivity index (χ4v) is 5.86. The van der Waals surface area contributed by atoms with Gasteiger partial charge in [0.15, 0.2) is 6.10 Å². The first-order chi connectivity index (χ1) is 26.1. The van der Waals surface area contributed by atoms with Gasteiger partial charge < -0.3 is 28.6 Å². The number of esters is 2. The molecule has 0 saturated carbocycles. The largest absolute Gasteiger partial charge is 0.544 e. The van der Waals surface area contributed by atoms with Gasteiger partial charge in [0.2, 0.25) is 0 Å². The smallest absolute Gasteiger partial charge is 0.306 e. The Hall–Kier alpha value is -2.97. The first kappa shape index (κ1) is 51.0. The Morgan fingerprint density at radius 2 is 1.04 bits per heavy atom. The summed E-state index contributed by atoms with van der Waals surface area (Å²) in [6.07, 6.45) is 43.9. The highest BCUT2D eigenvalue weighted by atomic mass is 16.6. The maximum atomic E-state index is 12.7. The first-order valence-corrected chi connectivity index (χ1v) is 21.3. The molecule has 0 aromatic rings. The van der Waals surface area contributed by atoms with E-state index in [9.17, 15) is 19.5 Å². The van der Waals surface area contributed by atoms with E-state index in [1.165, 1.54) is 51.4 Å². The molecule has 0 rings (SSSR count). The Labute approximate surface area is 330 Å². The molecular weight excluding hydrogens is 679 g/mol. The maximum absolute atomic E-state index is 12.7. The molecular formula is C46H79NO7. The molecule has 310 valence electrons. The van der Waals surface area contributed by atoms with Crippen LogP contribution in [0.1, 0.15) is 162 Å². The number of nitrogens with zero attached hydrogens (tertiary/aromatic N) is 1. The molecule has 0 fully saturated rings. The number of carboxylic acid groups (broad SMARTS) is 1. The first-order valence-electron chi connectivity index (χ1n) is 21.3. The molecule has 0 amide bonds. The third-order valence-corrected chi connectivity index (χ3v) is 9.17. The summed E-state index contributed by atoms with van der Waals surface area (Å²) in [6, 6.07) is -0.731. The molecule has 0 bridgehead atoms. The van der Waals surface area contributed by atoms with Crippen LogP contribution >= 0.6 is 0 Å². The second kappa shape index (κ2) is 37.0. The highest BCUT2D eigenvalue weighted by Gasteiger charge is 2.25. The minimum atomic E-state index is -1.13. The van der Waals surface area contributed by atoms with Gasteiger partial charge in [-0.1, -0.05) is 145 Å². The third kappa shape index (κ3) is 34.8. The zero-order valence-electron chi connectivity index (χ0n) is 35.1. The lowest BCUT2D eigenvalue weighted by molar-refractivity contribution is -0.889. The van der Waals surface area contributed by atoms with Crippen molar-refractivity contribution in [1.29, 1.82) is 0 Å². The number of carbonyl (C=O) groups is 3. The number of rotatable bonds is 37. The quantitative estimate of drug-likeness (QED) is 0.0269. The SMILES string of the molecule is CC/C=C/C/C=C/C/C=C/C/C=C/C/C=C/CCCCCC(=O)OCC(COCCC(C(=O)[O-])[N+](C)(C)C)OC(=O)CCCCCCCCCCCCC. The fraction of sp³-hybridized carbons (Fsp3) is 0.717. The van der Waals surface area contributed by atoms with Crippen molar-refractivity contribution < 1.29 is 38.2 Å². The maximum Gasteiger partial charge on any atom is 0.306 e. The molecule has 0 aromatic heterocycles. The van der Waals surface area contributed by atoms with E-state index in [2.05, 4.69) is 74.6 Å². The molecule has 54 heavy (non-hydrogen) atoms. The van der Waals surface area contributed by atoms with Crippen molar-refractivity contribution in [3.63, 3.8) is 0 Å². The number of likely N-dealkylation sites (N-methyl/N-ethyl adjacent to an activating group) is 1. The fourth-order valence-electron chi connectivity index (χ4n) is 5.86. The van der Waals surface area contributed by atoms with Crippen LogP contribution in [-0.2, 0) is 28.6 Å². The van der Waals surface area contributed by atoms with Crippen molar-refractivity contribution in [1.82, 2.24) is 0 Å². The monoisotopic (exact) mass is 758 g/mol. The Bertz CT molecular complexity index is 1070. The van der Waals surface area contributed by atoms with Crippen LogP contribution in [0.15, 0.2) is 60.8 Å². The molecule has 0 N–H and O–H groups in total. The Balaban J connectivity index is 4.40. The van der Waals surface area contributed by atoms with Crippen LogP contribution in [0.4, 0.5) is 0 Å². The Morgan fingerprint density at radius 1 is 0.574 bits per heavy atom. The highest BCUT2D eigenvalue weighted by molar-refractivity contribution is 5.70. The summed E-state index contributed by atoms with van der Waals surface area (Å²) in [5.74, 6) is -1.78. The second-order valence-electron chi connectivity index (χ2n) is 15.2. The number of carboxylic acids is 1. The second-order valence-corrected chi connectivity index (χ2v) is 15.2. The van der Waals surface area contributed by atoms with Crippen molar-refractivity contribution in [2.24, 2.45) is 0 Å². The van der Waals surface area contributed by atoms with Crippen LogP contribution in [0.3, 0.4) is 0 Å². The lowest BCUT2D eigenvalue weighted by Crippen LogP contribution is -2.55. The van der Waals surface area contributed by atoms with Crippen molar-refractivity contribution >= 4 is 17.9 Å². The summed E-state index contributed by atoms with van der Waals surface area (Å²) in [5.41, 5.74) is 0. The summed E-state index contributed by atoms with van der Waals surface area (Å²) in [7, 11) is 5.39. The molecule has 0 saturated heterocycles. The van der Waals surface area contributed by atoms with Gasteiger partial charge in [-0.25, -0.2) is 0 Å². The summed E-state index contributed by atoms with van der Waals surface area (Å²) in [6.45, 7) is 4.49. The van der Waals surface area contributed by atoms with E-state index < -0.39 is 18.1 Å². The van der Waals surface area contributed by atoms with E-state index in [0.717, 1.165) is 77.0 Å². The van der Waals surface area contributed by atoms with E-state index >= 15 is 0 Å². The van der Waals surface area contributed by atoms with Gasteiger partial charge in [-0.05, 0) is 57.8 Å². The van der Waals surface area contributed by atoms with Crippen LogP contribution in [0.25, 0.3) is 0 Å². The van der Waals surface area contributed by atoms with E-state index in [4.69, 9.17) is 14.2 Å².